The zero-order chi connectivity index (χ0) is 21.1. The Kier molecular flexibility index (Phi) is 6.23. The molecule has 1 atom stereocenters. The highest BCUT2D eigenvalue weighted by molar-refractivity contribution is 6.30. The van der Waals surface area contributed by atoms with Crippen molar-refractivity contribution in [2.75, 3.05) is 13.1 Å². The second kappa shape index (κ2) is 9.04. The molecular formula is C23H27ClN4O2. The predicted molar refractivity (Wildman–Crippen MR) is 116 cm³/mol. The van der Waals surface area contributed by atoms with Gasteiger partial charge in [0, 0.05) is 31.6 Å². The van der Waals surface area contributed by atoms with Crippen molar-refractivity contribution < 1.29 is 9.21 Å². The van der Waals surface area contributed by atoms with E-state index in [1.54, 1.807) is 10.9 Å². The number of aromatic nitrogens is 3. The molecule has 4 rings (SSSR count). The highest BCUT2D eigenvalue weighted by Gasteiger charge is 2.29. The fourth-order valence-corrected chi connectivity index (χ4v) is 4.15. The van der Waals surface area contributed by atoms with Crippen LogP contribution in [0, 0.1) is 0 Å². The minimum absolute atomic E-state index is 0.0324. The molecule has 7 heteroatoms. The summed E-state index contributed by atoms with van der Waals surface area (Å²) in [6.07, 6.45) is 6.27. The summed E-state index contributed by atoms with van der Waals surface area (Å²) in [6.45, 7) is 3.49. The van der Waals surface area contributed by atoms with Crippen molar-refractivity contribution in [3.63, 3.8) is 0 Å². The summed E-state index contributed by atoms with van der Waals surface area (Å²) in [6, 6.07) is 9.66. The molecule has 158 valence electrons. The summed E-state index contributed by atoms with van der Waals surface area (Å²) in [7, 11) is 1.84. The molecule has 1 fully saturated rings. The van der Waals surface area contributed by atoms with Crippen LogP contribution in [-0.4, -0.2) is 38.7 Å². The van der Waals surface area contributed by atoms with Crippen LogP contribution in [0.3, 0.4) is 0 Å². The number of nitrogens with zero attached hydrogens (tertiary/aromatic N) is 4. The molecule has 0 unspecified atom stereocenters. The lowest BCUT2D eigenvalue weighted by Gasteiger charge is -2.31. The molecule has 30 heavy (non-hydrogen) atoms. The summed E-state index contributed by atoms with van der Waals surface area (Å²) in [4.78, 5) is 19.5. The third kappa shape index (κ3) is 4.59. The average molecular weight is 427 g/mol. The summed E-state index contributed by atoms with van der Waals surface area (Å²) < 4.78 is 7.75. The number of rotatable bonds is 6. The van der Waals surface area contributed by atoms with E-state index in [1.165, 1.54) is 0 Å². The van der Waals surface area contributed by atoms with Crippen molar-refractivity contribution in [1.82, 2.24) is 19.7 Å². The Labute approximate surface area is 181 Å². The third-order valence-corrected chi connectivity index (χ3v) is 5.83. The molecule has 2 aromatic heterocycles. The van der Waals surface area contributed by atoms with Crippen molar-refractivity contribution in [2.45, 2.75) is 44.9 Å². The van der Waals surface area contributed by atoms with Crippen molar-refractivity contribution in [1.29, 1.82) is 0 Å². The van der Waals surface area contributed by atoms with Crippen molar-refractivity contribution in [3.8, 4) is 0 Å². The molecular weight excluding hydrogens is 400 g/mol. The molecule has 1 amide bonds. The van der Waals surface area contributed by atoms with Gasteiger partial charge >= 0.3 is 0 Å². The molecule has 0 radical (unpaired) electrons. The third-order valence-electron chi connectivity index (χ3n) is 5.58. The maximum absolute atomic E-state index is 13.1. The van der Waals surface area contributed by atoms with Crippen LogP contribution in [0.1, 0.15) is 65.5 Å². The number of aryl methyl sites for hydroxylation is 2. The van der Waals surface area contributed by atoms with E-state index in [0.717, 1.165) is 54.3 Å². The summed E-state index contributed by atoms with van der Waals surface area (Å²) in [5.41, 5.74) is 2.74. The van der Waals surface area contributed by atoms with Gasteiger partial charge in [-0.3, -0.25) is 9.48 Å². The fourth-order valence-electron chi connectivity index (χ4n) is 4.03. The van der Waals surface area contributed by atoms with Crippen molar-refractivity contribution in [3.05, 3.63) is 70.2 Å². The first kappa shape index (κ1) is 20.7. The molecule has 0 N–H and O–H groups in total. The SMILES string of the molecule is CCCc1cc(C(=O)N2CCC[C@@H](c3ncc(Cc4ccc(Cl)cc4)o3)C2)n(C)n1. The number of piperidine rings is 1. The lowest BCUT2D eigenvalue weighted by Crippen LogP contribution is -2.40. The van der Waals surface area contributed by atoms with Crippen LogP contribution in [0.25, 0.3) is 0 Å². The normalized spacial score (nSPS) is 16.8. The Balaban J connectivity index is 1.43. The zero-order valence-corrected chi connectivity index (χ0v) is 18.2. The summed E-state index contributed by atoms with van der Waals surface area (Å²) >= 11 is 5.96. The topological polar surface area (TPSA) is 64.2 Å². The van der Waals surface area contributed by atoms with Gasteiger partial charge in [0.25, 0.3) is 5.91 Å². The molecule has 1 saturated heterocycles. The zero-order valence-electron chi connectivity index (χ0n) is 17.5. The quantitative estimate of drug-likeness (QED) is 0.576. The molecule has 0 spiro atoms. The Morgan fingerprint density at radius 3 is 2.87 bits per heavy atom. The monoisotopic (exact) mass is 426 g/mol. The second-order valence-corrected chi connectivity index (χ2v) is 8.39. The maximum atomic E-state index is 13.1. The summed E-state index contributed by atoms with van der Waals surface area (Å²) in [5.74, 6) is 1.69. The van der Waals surface area contributed by atoms with Gasteiger partial charge in [-0.2, -0.15) is 5.10 Å². The largest absolute Gasteiger partial charge is 0.445 e. The van der Waals surface area contributed by atoms with Crippen LogP contribution in [0.2, 0.25) is 5.02 Å². The first-order chi connectivity index (χ1) is 14.5. The lowest BCUT2D eigenvalue weighted by atomic mass is 9.97. The van der Waals surface area contributed by atoms with E-state index in [-0.39, 0.29) is 11.8 Å². The van der Waals surface area contributed by atoms with Crippen LogP contribution in [0.4, 0.5) is 0 Å². The van der Waals surface area contributed by atoms with Gasteiger partial charge in [-0.1, -0.05) is 37.1 Å². The van der Waals surface area contributed by atoms with Crippen molar-refractivity contribution in [2.24, 2.45) is 7.05 Å². The van der Waals surface area contributed by atoms with Crippen LogP contribution in [0.15, 0.2) is 40.9 Å². The van der Waals surface area contributed by atoms with Gasteiger partial charge in [0.1, 0.15) is 11.5 Å². The van der Waals surface area contributed by atoms with Gasteiger partial charge in [-0.15, -0.1) is 0 Å². The lowest BCUT2D eigenvalue weighted by molar-refractivity contribution is 0.0686. The average Bonchev–Trinajstić information content (AvgIpc) is 3.36. The van der Waals surface area contributed by atoms with Gasteiger partial charge in [-0.05, 0) is 43.0 Å². The van der Waals surface area contributed by atoms with E-state index in [2.05, 4.69) is 17.0 Å². The number of likely N-dealkylation sites (tertiary alicyclic amines) is 1. The Morgan fingerprint density at radius 1 is 1.30 bits per heavy atom. The smallest absolute Gasteiger partial charge is 0.272 e. The minimum Gasteiger partial charge on any atom is -0.445 e. The Bertz CT molecular complexity index is 1010. The number of oxazole rings is 1. The summed E-state index contributed by atoms with van der Waals surface area (Å²) in [5, 5.41) is 5.19. The standard InChI is InChI=1S/C23H27ClN4O2/c1-3-5-19-13-21(27(2)26-19)23(29)28-11-4-6-17(15-28)22-25-14-20(30-22)12-16-7-9-18(24)10-8-16/h7-10,13-14,17H,3-6,11-12,15H2,1-2H3/t17-/m1/s1. The number of benzene rings is 1. The highest BCUT2D eigenvalue weighted by Crippen LogP contribution is 2.28. The van der Waals surface area contributed by atoms with E-state index < -0.39 is 0 Å². The molecule has 0 saturated carbocycles. The number of halogens is 1. The highest BCUT2D eigenvalue weighted by atomic mass is 35.5. The molecule has 0 aliphatic carbocycles. The number of amides is 1. The molecule has 3 aromatic rings. The molecule has 1 aromatic carbocycles. The molecule has 3 heterocycles. The predicted octanol–water partition coefficient (Wildman–Crippen LogP) is 4.62. The van der Waals surface area contributed by atoms with Crippen LogP contribution >= 0.6 is 11.6 Å². The van der Waals surface area contributed by atoms with E-state index in [9.17, 15) is 4.79 Å². The number of hydrogen-bond acceptors (Lipinski definition) is 4. The number of carbonyl (C=O) groups is 1. The van der Waals surface area contributed by atoms with E-state index in [1.807, 2.05) is 42.3 Å². The first-order valence-corrected chi connectivity index (χ1v) is 10.9. The van der Waals surface area contributed by atoms with Crippen LogP contribution in [-0.2, 0) is 19.9 Å². The minimum atomic E-state index is 0.0324. The van der Waals surface area contributed by atoms with Crippen LogP contribution < -0.4 is 0 Å². The van der Waals surface area contributed by atoms with Gasteiger partial charge in [0.05, 0.1) is 17.8 Å². The Hall–Kier alpha value is -2.60. The van der Waals surface area contributed by atoms with Gasteiger partial charge < -0.3 is 9.32 Å². The number of carbonyl (C=O) groups excluding carboxylic acids is 1. The van der Waals surface area contributed by atoms with E-state index in [0.29, 0.717) is 24.6 Å². The Morgan fingerprint density at radius 2 is 2.10 bits per heavy atom. The molecule has 0 bridgehead atoms. The maximum Gasteiger partial charge on any atom is 0.272 e. The fraction of sp³-hybridized carbons (Fsp3) is 0.435. The van der Waals surface area contributed by atoms with Gasteiger partial charge in [-0.25, -0.2) is 4.98 Å². The molecule has 1 aliphatic rings. The van der Waals surface area contributed by atoms with Crippen LogP contribution in [0.5, 0.6) is 0 Å². The molecule has 1 aliphatic heterocycles. The number of hydrogen-bond donors (Lipinski definition) is 0. The van der Waals surface area contributed by atoms with E-state index >= 15 is 0 Å². The van der Waals surface area contributed by atoms with Crippen molar-refractivity contribution >= 4 is 17.5 Å². The van der Waals surface area contributed by atoms with Gasteiger partial charge in [0.15, 0.2) is 5.89 Å². The van der Waals surface area contributed by atoms with Gasteiger partial charge in [0.2, 0.25) is 0 Å². The second-order valence-electron chi connectivity index (χ2n) is 7.95. The molecule has 6 nitrogen and oxygen atoms in total. The first-order valence-electron chi connectivity index (χ1n) is 10.5. The van der Waals surface area contributed by atoms with E-state index in [4.69, 9.17) is 16.0 Å².